The van der Waals surface area contributed by atoms with E-state index >= 15 is 0 Å². The van der Waals surface area contributed by atoms with Gasteiger partial charge in [0.1, 0.15) is 5.56 Å². The molecule has 8 heteroatoms. The lowest BCUT2D eigenvalue weighted by Gasteiger charge is -2.32. The van der Waals surface area contributed by atoms with Gasteiger partial charge in [0.2, 0.25) is 0 Å². The summed E-state index contributed by atoms with van der Waals surface area (Å²) in [6.07, 6.45) is 0.107. The van der Waals surface area contributed by atoms with E-state index in [1.54, 1.807) is 0 Å². The van der Waals surface area contributed by atoms with Crippen LogP contribution in [0.1, 0.15) is 41.6 Å². The lowest BCUT2D eigenvalue weighted by atomic mass is 10.1. The largest absolute Gasteiger partial charge is 0.421 e. The molecule has 0 radical (unpaired) electrons. The number of hydrogen-bond acceptors (Lipinski definition) is 3. The van der Waals surface area contributed by atoms with Gasteiger partial charge >= 0.3 is 6.18 Å². The van der Waals surface area contributed by atoms with Gasteiger partial charge in [-0.25, -0.2) is 0 Å². The van der Waals surface area contributed by atoms with Gasteiger partial charge in [0.25, 0.3) is 11.5 Å². The van der Waals surface area contributed by atoms with Crippen LogP contribution in [-0.2, 0) is 10.9 Å². The van der Waals surface area contributed by atoms with Crippen LogP contribution in [0.15, 0.2) is 17.1 Å². The van der Waals surface area contributed by atoms with Gasteiger partial charge in [0.15, 0.2) is 0 Å². The first-order chi connectivity index (χ1) is 11.3. The van der Waals surface area contributed by atoms with E-state index in [1.807, 2.05) is 4.98 Å². The summed E-state index contributed by atoms with van der Waals surface area (Å²) in [5, 5.41) is 0. The molecule has 0 bridgehead atoms. The number of nitrogens with zero attached hydrogens (tertiary/aromatic N) is 1. The van der Waals surface area contributed by atoms with Gasteiger partial charge in [-0.3, -0.25) is 9.59 Å². The highest BCUT2D eigenvalue weighted by atomic mass is 19.4. The first-order valence-electron chi connectivity index (χ1n) is 8.05. The van der Waals surface area contributed by atoms with E-state index in [0.717, 1.165) is 19.0 Å². The van der Waals surface area contributed by atoms with Crippen molar-refractivity contribution in [3.05, 3.63) is 33.7 Å². The number of aromatic nitrogens is 1. The maximum Gasteiger partial charge on any atom is 0.421 e. The third-order valence-corrected chi connectivity index (χ3v) is 4.39. The second-order valence-electron chi connectivity index (χ2n) is 6.42. The van der Waals surface area contributed by atoms with E-state index in [0.29, 0.717) is 31.7 Å². The Bertz CT molecular complexity index is 667. The SMILES string of the molecule is O=C(c1c[nH]c(=O)c(C(F)(F)F)c1)N1CCC[C@H](OCC2CC2)C1. The summed E-state index contributed by atoms with van der Waals surface area (Å²) < 4.78 is 44.2. The number of pyridine rings is 1. The fraction of sp³-hybridized carbons (Fsp3) is 0.625. The van der Waals surface area contributed by atoms with Crippen LogP contribution < -0.4 is 5.56 Å². The van der Waals surface area contributed by atoms with E-state index in [-0.39, 0.29) is 11.7 Å². The average molecular weight is 344 g/mol. The van der Waals surface area contributed by atoms with Crippen LogP contribution in [0.25, 0.3) is 0 Å². The Balaban J connectivity index is 1.69. The minimum atomic E-state index is -4.79. The number of halogens is 3. The second kappa shape index (κ2) is 6.58. The van der Waals surface area contributed by atoms with Gasteiger partial charge < -0.3 is 14.6 Å². The van der Waals surface area contributed by atoms with E-state index in [2.05, 4.69) is 0 Å². The van der Waals surface area contributed by atoms with Crippen molar-refractivity contribution in [1.82, 2.24) is 9.88 Å². The predicted molar refractivity (Wildman–Crippen MR) is 79.7 cm³/mol. The minimum absolute atomic E-state index is 0.0758. The highest BCUT2D eigenvalue weighted by Crippen LogP contribution is 2.30. The van der Waals surface area contributed by atoms with Crippen molar-refractivity contribution in [3.63, 3.8) is 0 Å². The van der Waals surface area contributed by atoms with Crippen molar-refractivity contribution < 1.29 is 22.7 Å². The summed E-state index contributed by atoms with van der Waals surface area (Å²) in [5.74, 6) is 0.0982. The molecule has 0 unspecified atom stereocenters. The van der Waals surface area contributed by atoms with Gasteiger partial charge in [0.05, 0.1) is 11.7 Å². The highest BCUT2D eigenvalue weighted by Gasteiger charge is 2.35. The molecule has 2 fully saturated rings. The quantitative estimate of drug-likeness (QED) is 0.912. The summed E-state index contributed by atoms with van der Waals surface area (Å²) in [7, 11) is 0. The number of aromatic amines is 1. The summed E-state index contributed by atoms with van der Waals surface area (Å²) in [6, 6.07) is 0.621. The van der Waals surface area contributed by atoms with Crippen LogP contribution in [0.5, 0.6) is 0 Å². The Morgan fingerprint density at radius 1 is 1.33 bits per heavy atom. The average Bonchev–Trinajstić information content (AvgIpc) is 3.36. The predicted octanol–water partition coefficient (Wildman–Crippen LogP) is 2.42. The van der Waals surface area contributed by atoms with Gasteiger partial charge in [-0.05, 0) is 37.7 Å². The third-order valence-electron chi connectivity index (χ3n) is 4.39. The fourth-order valence-corrected chi connectivity index (χ4v) is 2.82. The molecule has 0 spiro atoms. The Labute approximate surface area is 136 Å². The molecule has 1 saturated carbocycles. The van der Waals surface area contributed by atoms with Crippen LogP contribution >= 0.6 is 0 Å². The van der Waals surface area contributed by atoms with Crippen molar-refractivity contribution in [2.45, 2.75) is 38.0 Å². The maximum absolute atomic E-state index is 12.8. The molecule has 1 atom stereocenters. The monoisotopic (exact) mass is 344 g/mol. The van der Waals surface area contributed by atoms with Crippen LogP contribution in [0, 0.1) is 5.92 Å². The molecule has 1 aromatic rings. The topological polar surface area (TPSA) is 62.4 Å². The maximum atomic E-state index is 12.8. The summed E-state index contributed by atoms with van der Waals surface area (Å²) >= 11 is 0. The molecule has 2 aliphatic rings. The number of alkyl halides is 3. The Morgan fingerprint density at radius 2 is 2.08 bits per heavy atom. The number of H-pyrrole nitrogens is 1. The molecule has 2 heterocycles. The zero-order valence-electron chi connectivity index (χ0n) is 13.1. The smallest absolute Gasteiger partial charge is 0.376 e. The summed E-state index contributed by atoms with van der Waals surface area (Å²) in [5.41, 5.74) is -2.76. The molecule has 1 saturated heterocycles. The molecule has 5 nitrogen and oxygen atoms in total. The van der Waals surface area contributed by atoms with Crippen LogP contribution in [0.3, 0.4) is 0 Å². The summed E-state index contributed by atoms with van der Waals surface area (Å²) in [4.78, 5) is 27.3. The zero-order valence-corrected chi connectivity index (χ0v) is 13.1. The molecule has 132 valence electrons. The van der Waals surface area contributed by atoms with Crippen molar-refractivity contribution in [2.75, 3.05) is 19.7 Å². The standard InChI is InChI=1S/C16H19F3N2O3/c17-16(18,19)13-6-11(7-20-14(13)22)15(23)21-5-1-2-12(8-21)24-9-10-3-4-10/h6-7,10,12H,1-5,8-9H2,(H,20,22)/t12-/m0/s1. The molecular formula is C16H19F3N2O3. The van der Waals surface area contributed by atoms with Crippen molar-refractivity contribution in [2.24, 2.45) is 5.92 Å². The van der Waals surface area contributed by atoms with E-state index in [4.69, 9.17) is 4.74 Å². The normalized spacial score (nSPS) is 21.8. The first kappa shape index (κ1) is 17.0. The lowest BCUT2D eigenvalue weighted by molar-refractivity contribution is -0.138. The molecule has 0 aromatic carbocycles. The van der Waals surface area contributed by atoms with Gasteiger partial charge in [-0.1, -0.05) is 0 Å². The first-order valence-corrected chi connectivity index (χ1v) is 8.05. The van der Waals surface area contributed by atoms with Crippen LogP contribution in [0.4, 0.5) is 13.2 Å². The number of nitrogens with one attached hydrogen (secondary N) is 1. The molecule has 1 amide bonds. The Kier molecular flexibility index (Phi) is 4.67. The molecule has 1 aliphatic carbocycles. The molecule has 1 aliphatic heterocycles. The molecule has 3 rings (SSSR count). The lowest BCUT2D eigenvalue weighted by Crippen LogP contribution is -2.43. The van der Waals surface area contributed by atoms with Crippen molar-refractivity contribution >= 4 is 5.91 Å². The highest BCUT2D eigenvalue weighted by molar-refractivity contribution is 5.94. The summed E-state index contributed by atoms with van der Waals surface area (Å²) in [6.45, 7) is 1.53. The van der Waals surface area contributed by atoms with E-state index in [9.17, 15) is 22.8 Å². The van der Waals surface area contributed by atoms with E-state index in [1.165, 1.54) is 17.7 Å². The molecular weight excluding hydrogens is 325 g/mol. The number of ether oxygens (including phenoxy) is 1. The van der Waals surface area contributed by atoms with Gasteiger partial charge in [-0.2, -0.15) is 13.2 Å². The molecule has 1 aromatic heterocycles. The zero-order chi connectivity index (χ0) is 17.3. The van der Waals surface area contributed by atoms with Crippen molar-refractivity contribution in [1.29, 1.82) is 0 Å². The Morgan fingerprint density at radius 3 is 2.75 bits per heavy atom. The number of carbonyl (C=O) groups is 1. The van der Waals surface area contributed by atoms with E-state index < -0.39 is 23.2 Å². The van der Waals surface area contributed by atoms with Crippen LogP contribution in [0.2, 0.25) is 0 Å². The second-order valence-corrected chi connectivity index (χ2v) is 6.42. The van der Waals surface area contributed by atoms with Gasteiger partial charge in [0, 0.05) is 25.9 Å². The minimum Gasteiger partial charge on any atom is -0.376 e. The number of hydrogen-bond donors (Lipinski definition) is 1. The van der Waals surface area contributed by atoms with Crippen molar-refractivity contribution in [3.8, 4) is 0 Å². The molecule has 1 N–H and O–H groups in total. The van der Waals surface area contributed by atoms with Crippen LogP contribution in [-0.4, -0.2) is 41.6 Å². The third kappa shape index (κ3) is 3.98. The van der Waals surface area contributed by atoms with Gasteiger partial charge in [-0.15, -0.1) is 0 Å². The molecule has 24 heavy (non-hydrogen) atoms. The number of rotatable bonds is 4. The number of likely N-dealkylation sites (tertiary alicyclic amines) is 1. The fourth-order valence-electron chi connectivity index (χ4n) is 2.82. The Hall–Kier alpha value is -1.83. The number of piperidine rings is 1. The number of amides is 1. The number of carbonyl (C=O) groups excluding carboxylic acids is 1.